The lowest BCUT2D eigenvalue weighted by Crippen LogP contribution is -2.43. The summed E-state index contributed by atoms with van der Waals surface area (Å²) in [5.74, 6) is 0. The quantitative estimate of drug-likeness (QED) is 0.178. The highest BCUT2D eigenvalue weighted by atomic mass is 32.2. The Labute approximate surface area is 280 Å². The number of para-hydroxylation sites is 2. The molecule has 242 valence electrons. The number of likely N-dealkylation sites (tertiary alicyclic amines) is 1. The van der Waals surface area contributed by atoms with E-state index < -0.39 is 15.7 Å². The van der Waals surface area contributed by atoms with Gasteiger partial charge >= 0.3 is 11.8 Å². The molecule has 0 bridgehead atoms. The Bertz CT molecular complexity index is 1860. The summed E-state index contributed by atoms with van der Waals surface area (Å²) in [6.07, 6.45) is 0.632. The fraction of sp³-hybridized carbons (Fsp3) is 0.294. The van der Waals surface area contributed by atoms with Gasteiger partial charge in [-0.05, 0) is 54.5 Å². The number of ether oxygens (including phenoxy) is 1. The summed E-state index contributed by atoms with van der Waals surface area (Å²) < 4.78 is 35.3. The molecule has 12 heteroatoms. The molecule has 0 radical (unpaired) electrons. The first-order chi connectivity index (χ1) is 21.8. The van der Waals surface area contributed by atoms with Crippen LogP contribution in [0.25, 0.3) is 11.0 Å². The number of imidazole rings is 1. The predicted octanol–water partition coefficient (Wildman–Crippen LogP) is 6.08. The predicted molar refractivity (Wildman–Crippen MR) is 186 cm³/mol. The summed E-state index contributed by atoms with van der Waals surface area (Å²) in [4.78, 5) is 30.8. The molecule has 1 aliphatic rings. The van der Waals surface area contributed by atoms with E-state index in [0.29, 0.717) is 37.0 Å². The van der Waals surface area contributed by atoms with Crippen LogP contribution in [0.15, 0.2) is 111 Å². The number of thiophene rings is 1. The molecule has 0 spiro atoms. The number of nitrogens with zero attached hydrogens (tertiary/aromatic N) is 4. The Hall–Kier alpha value is -3.84. The first-order valence-electron chi connectivity index (χ1n) is 15.1. The van der Waals surface area contributed by atoms with Crippen LogP contribution in [0.4, 0.5) is 4.79 Å². The summed E-state index contributed by atoms with van der Waals surface area (Å²) in [6, 6.07) is 30.3. The van der Waals surface area contributed by atoms with Crippen LogP contribution in [0.2, 0.25) is 0 Å². The van der Waals surface area contributed by atoms with Crippen molar-refractivity contribution in [1.82, 2.24) is 18.3 Å². The largest absolute Gasteiger partial charge is 0.448 e. The molecule has 46 heavy (non-hydrogen) atoms. The van der Waals surface area contributed by atoms with Crippen LogP contribution in [-0.2, 0) is 27.8 Å². The van der Waals surface area contributed by atoms with E-state index in [4.69, 9.17) is 4.74 Å². The van der Waals surface area contributed by atoms with Gasteiger partial charge in [-0.1, -0.05) is 78.9 Å². The first kappa shape index (κ1) is 33.5. The Balaban J connectivity index is 0.00000417. The van der Waals surface area contributed by atoms with Crippen LogP contribution in [0.5, 0.6) is 0 Å². The maximum absolute atomic E-state index is 13.7. The van der Waals surface area contributed by atoms with Crippen molar-refractivity contribution in [2.24, 2.45) is 0 Å². The molecule has 0 saturated carbocycles. The zero-order valence-corrected chi connectivity index (χ0v) is 28.2. The van der Waals surface area contributed by atoms with Crippen molar-refractivity contribution in [3.8, 4) is 0 Å². The molecule has 3 aromatic carbocycles. The molecule has 0 unspecified atom stereocenters. The van der Waals surface area contributed by atoms with Gasteiger partial charge in [-0.2, -0.15) is 25.9 Å². The summed E-state index contributed by atoms with van der Waals surface area (Å²) in [6.45, 7) is 4.57. The lowest BCUT2D eigenvalue weighted by molar-refractivity contribution is 0.0567. The van der Waals surface area contributed by atoms with Crippen molar-refractivity contribution in [1.29, 1.82) is 0 Å². The van der Waals surface area contributed by atoms with Gasteiger partial charge in [0, 0.05) is 38.3 Å². The standard InChI is InChI=1S/C34H36N4O5S2.H2S/c1-26(36(23-27-11-4-2-5-12-27)24-28-13-6-3-7-14-28)25-43-34(40)35-20-18-29(19-21-35)37-30-15-8-9-16-31(30)38(33(37)39)45(41,42)32-17-10-22-44-32;/h2-17,22,26,29H,18-21,23-25H2,1H3;1H2/t26-;/m0./s1. The Morgan fingerprint density at radius 2 is 1.43 bits per heavy atom. The Kier molecular flexibility index (Phi) is 10.7. The smallest absolute Gasteiger partial charge is 0.409 e. The van der Waals surface area contributed by atoms with E-state index in [1.807, 2.05) is 36.4 Å². The van der Waals surface area contributed by atoms with E-state index in [2.05, 4.69) is 36.1 Å². The molecular formula is C34H38N4O5S3. The van der Waals surface area contributed by atoms with Crippen molar-refractivity contribution in [3.05, 3.63) is 124 Å². The normalized spacial score (nSPS) is 14.7. The number of amides is 1. The zero-order chi connectivity index (χ0) is 31.4. The molecule has 2 aromatic heterocycles. The molecule has 1 atom stereocenters. The number of hydrogen-bond donors (Lipinski definition) is 0. The number of rotatable bonds is 10. The van der Waals surface area contributed by atoms with Gasteiger partial charge in [0.25, 0.3) is 10.0 Å². The van der Waals surface area contributed by atoms with Gasteiger partial charge in [0.1, 0.15) is 10.8 Å². The summed E-state index contributed by atoms with van der Waals surface area (Å²) in [7, 11) is -4.04. The Morgan fingerprint density at radius 1 is 0.870 bits per heavy atom. The van der Waals surface area contributed by atoms with Gasteiger partial charge in [0.15, 0.2) is 0 Å². The maximum atomic E-state index is 13.7. The molecule has 0 N–H and O–H groups in total. The molecule has 1 aliphatic heterocycles. The van der Waals surface area contributed by atoms with Gasteiger partial charge in [0.2, 0.25) is 0 Å². The van der Waals surface area contributed by atoms with Crippen LogP contribution in [-0.4, -0.2) is 58.6 Å². The van der Waals surface area contributed by atoms with Gasteiger partial charge in [0.05, 0.1) is 11.0 Å². The third kappa shape index (κ3) is 7.10. The molecule has 5 aromatic rings. The molecule has 6 rings (SSSR count). The Morgan fingerprint density at radius 3 is 2.00 bits per heavy atom. The molecule has 1 saturated heterocycles. The van der Waals surface area contributed by atoms with Crippen molar-refractivity contribution < 1.29 is 17.9 Å². The van der Waals surface area contributed by atoms with E-state index in [1.54, 1.807) is 45.2 Å². The number of fused-ring (bicyclic) bond motifs is 1. The van der Waals surface area contributed by atoms with Crippen LogP contribution in [0.3, 0.4) is 0 Å². The topological polar surface area (TPSA) is 93.8 Å². The number of carbonyl (C=O) groups is 1. The number of benzene rings is 3. The monoisotopic (exact) mass is 678 g/mol. The van der Waals surface area contributed by atoms with E-state index in [1.165, 1.54) is 17.2 Å². The van der Waals surface area contributed by atoms with Crippen LogP contribution >= 0.6 is 24.8 Å². The highest BCUT2D eigenvalue weighted by molar-refractivity contribution is 7.92. The second kappa shape index (κ2) is 14.7. The first-order valence-corrected chi connectivity index (χ1v) is 17.4. The van der Waals surface area contributed by atoms with E-state index in [0.717, 1.165) is 28.4 Å². The van der Waals surface area contributed by atoms with Crippen molar-refractivity contribution in [2.45, 2.75) is 49.1 Å². The summed E-state index contributed by atoms with van der Waals surface area (Å²) in [5, 5.41) is 1.68. The van der Waals surface area contributed by atoms with Crippen LogP contribution in [0, 0.1) is 0 Å². The highest BCUT2D eigenvalue weighted by Gasteiger charge is 2.32. The average Bonchev–Trinajstić information content (AvgIpc) is 3.71. The number of hydrogen-bond acceptors (Lipinski definition) is 7. The molecule has 3 heterocycles. The molecule has 9 nitrogen and oxygen atoms in total. The summed E-state index contributed by atoms with van der Waals surface area (Å²) in [5.41, 5.74) is 2.70. The van der Waals surface area contributed by atoms with Crippen molar-refractivity contribution in [3.63, 3.8) is 0 Å². The molecule has 1 fully saturated rings. The van der Waals surface area contributed by atoms with E-state index in [9.17, 15) is 18.0 Å². The molecule has 1 amide bonds. The number of aromatic nitrogens is 2. The SMILES string of the molecule is C[C@@H](COC(=O)N1CCC(n2c(=O)n(S(=O)(=O)c3cccs3)c3ccccc32)CC1)N(Cc1ccccc1)Cc1ccccc1.S. The van der Waals surface area contributed by atoms with E-state index in [-0.39, 0.29) is 42.5 Å². The fourth-order valence-corrected chi connectivity index (χ4v) is 8.39. The van der Waals surface area contributed by atoms with Gasteiger partial charge in [-0.25, -0.2) is 9.59 Å². The number of carbonyl (C=O) groups excluding carboxylic acids is 1. The lowest BCUT2D eigenvalue weighted by Gasteiger charge is -2.33. The zero-order valence-electron chi connectivity index (χ0n) is 25.6. The lowest BCUT2D eigenvalue weighted by atomic mass is 10.0. The average molecular weight is 679 g/mol. The minimum atomic E-state index is -4.04. The highest BCUT2D eigenvalue weighted by Crippen LogP contribution is 2.29. The summed E-state index contributed by atoms with van der Waals surface area (Å²) >= 11 is 1.08. The van der Waals surface area contributed by atoms with Crippen LogP contribution < -0.4 is 5.69 Å². The fourth-order valence-electron chi connectivity index (χ4n) is 5.93. The molecular weight excluding hydrogens is 641 g/mol. The van der Waals surface area contributed by atoms with E-state index >= 15 is 0 Å². The second-order valence-electron chi connectivity index (χ2n) is 11.4. The maximum Gasteiger partial charge on any atom is 0.409 e. The minimum Gasteiger partial charge on any atom is -0.448 e. The van der Waals surface area contributed by atoms with Crippen molar-refractivity contribution in [2.75, 3.05) is 19.7 Å². The third-order valence-electron chi connectivity index (χ3n) is 8.35. The van der Waals surface area contributed by atoms with Gasteiger partial charge in [-0.15, -0.1) is 11.3 Å². The van der Waals surface area contributed by atoms with Gasteiger partial charge in [-0.3, -0.25) is 9.47 Å². The van der Waals surface area contributed by atoms with Crippen molar-refractivity contribution >= 4 is 52.0 Å². The molecule has 0 aliphatic carbocycles. The third-order valence-corrected chi connectivity index (χ3v) is 11.4. The second-order valence-corrected chi connectivity index (χ2v) is 14.3. The van der Waals surface area contributed by atoms with Crippen LogP contribution in [0.1, 0.15) is 36.9 Å². The van der Waals surface area contributed by atoms with Gasteiger partial charge < -0.3 is 9.64 Å². The number of piperidine rings is 1. The minimum absolute atomic E-state index is 0.